The Hall–Kier alpha value is -0.690. The van der Waals surface area contributed by atoms with E-state index in [0.717, 1.165) is 6.42 Å². The zero-order chi connectivity index (χ0) is 9.68. The maximum absolute atomic E-state index is 5.71. The van der Waals surface area contributed by atoms with Crippen molar-refractivity contribution in [2.75, 3.05) is 18.0 Å². The maximum atomic E-state index is 5.71. The molecule has 0 aromatic heterocycles. The third-order valence-corrected chi connectivity index (χ3v) is 2.45. The van der Waals surface area contributed by atoms with Crippen LogP contribution in [0.25, 0.3) is 0 Å². The van der Waals surface area contributed by atoms with Crippen molar-refractivity contribution in [3.8, 4) is 0 Å². The van der Waals surface area contributed by atoms with Gasteiger partial charge in [-0.2, -0.15) is 0 Å². The Kier molecular flexibility index (Phi) is 4.10. The number of aryl methyl sites for hydroxylation is 1. The lowest BCUT2D eigenvalue weighted by atomic mass is 10.1. The molecule has 0 atom stereocenters. The fraction of sp³-hybridized carbons (Fsp3) is 0.455. The smallest absolute Gasteiger partial charge is 0.0925 e. The van der Waals surface area contributed by atoms with E-state index < -0.39 is 0 Å². The van der Waals surface area contributed by atoms with Crippen LogP contribution >= 0.6 is 11.6 Å². The van der Waals surface area contributed by atoms with E-state index in [1.54, 1.807) is 0 Å². The van der Waals surface area contributed by atoms with E-state index in [9.17, 15) is 0 Å². The van der Waals surface area contributed by atoms with Crippen molar-refractivity contribution in [2.24, 2.45) is 0 Å². The van der Waals surface area contributed by atoms with Crippen molar-refractivity contribution < 1.29 is 0 Å². The van der Waals surface area contributed by atoms with E-state index in [2.05, 4.69) is 31.2 Å². The number of hydrogen-bond donors (Lipinski definition) is 0. The first-order valence-corrected chi connectivity index (χ1v) is 5.17. The third kappa shape index (κ3) is 2.92. The molecule has 0 unspecified atom stereocenters. The summed E-state index contributed by atoms with van der Waals surface area (Å²) in [5.74, 6) is 0. The van der Waals surface area contributed by atoms with Crippen molar-refractivity contribution in [3.63, 3.8) is 0 Å². The second-order valence-electron chi connectivity index (χ2n) is 3.23. The second kappa shape index (κ2) is 5.13. The van der Waals surface area contributed by atoms with Crippen LogP contribution < -0.4 is 4.90 Å². The summed E-state index contributed by atoms with van der Waals surface area (Å²) in [6.45, 7) is 2.19. The topological polar surface area (TPSA) is 3.24 Å². The molecule has 0 fully saturated rings. The largest absolute Gasteiger partial charge is 0.361 e. The Morgan fingerprint density at radius 1 is 1.23 bits per heavy atom. The van der Waals surface area contributed by atoms with Gasteiger partial charge in [-0.15, -0.1) is 11.6 Å². The summed E-state index contributed by atoms with van der Waals surface area (Å²) in [6.07, 6.45) is 2.36. The number of benzene rings is 1. The maximum Gasteiger partial charge on any atom is 0.0925 e. The third-order valence-electron chi connectivity index (χ3n) is 2.10. The van der Waals surface area contributed by atoms with Gasteiger partial charge < -0.3 is 4.90 Å². The molecule has 0 heterocycles. The molecular weight excluding hydrogens is 182 g/mol. The van der Waals surface area contributed by atoms with Gasteiger partial charge in [0, 0.05) is 12.7 Å². The van der Waals surface area contributed by atoms with Crippen LogP contribution in [0.5, 0.6) is 0 Å². The molecule has 0 saturated carbocycles. The van der Waals surface area contributed by atoms with Gasteiger partial charge in [-0.3, -0.25) is 0 Å². The molecule has 13 heavy (non-hydrogen) atoms. The van der Waals surface area contributed by atoms with Crippen molar-refractivity contribution in [1.29, 1.82) is 0 Å². The molecule has 0 aliphatic heterocycles. The van der Waals surface area contributed by atoms with Crippen molar-refractivity contribution in [3.05, 3.63) is 29.8 Å². The Morgan fingerprint density at radius 2 is 1.85 bits per heavy atom. The molecule has 1 nitrogen and oxygen atoms in total. The first kappa shape index (κ1) is 10.4. The lowest BCUT2D eigenvalue weighted by Gasteiger charge is -2.15. The summed E-state index contributed by atoms with van der Waals surface area (Å²) in [4.78, 5) is 2.01. The molecule has 0 amide bonds. The molecule has 0 aliphatic rings. The average molecular weight is 198 g/mol. The van der Waals surface area contributed by atoms with Gasteiger partial charge in [0.25, 0.3) is 0 Å². The molecule has 1 rings (SSSR count). The standard InChI is InChI=1S/C11H16ClN/c1-3-4-10-5-7-11(8-6-10)13(2)9-12/h5-8H,3-4,9H2,1-2H3. The predicted octanol–water partition coefficient (Wildman–Crippen LogP) is 3.27. The van der Waals surface area contributed by atoms with Crippen LogP contribution in [0, 0.1) is 0 Å². The Balaban J connectivity index is 2.69. The highest BCUT2D eigenvalue weighted by molar-refractivity contribution is 6.18. The van der Waals surface area contributed by atoms with E-state index in [-0.39, 0.29) is 0 Å². The Morgan fingerprint density at radius 3 is 2.31 bits per heavy atom. The molecule has 0 radical (unpaired) electrons. The molecule has 72 valence electrons. The number of anilines is 1. The molecule has 0 aliphatic carbocycles. The minimum atomic E-state index is 0.535. The molecular formula is C11H16ClN. The lowest BCUT2D eigenvalue weighted by molar-refractivity contribution is 0.921. The summed E-state index contributed by atoms with van der Waals surface area (Å²) in [5.41, 5.74) is 2.57. The minimum Gasteiger partial charge on any atom is -0.361 e. The van der Waals surface area contributed by atoms with Gasteiger partial charge in [0.2, 0.25) is 0 Å². The number of alkyl halides is 1. The van der Waals surface area contributed by atoms with Crippen LogP contribution in [0.15, 0.2) is 24.3 Å². The summed E-state index contributed by atoms with van der Waals surface area (Å²) < 4.78 is 0. The summed E-state index contributed by atoms with van der Waals surface area (Å²) in [5, 5.41) is 0. The van der Waals surface area contributed by atoms with E-state index in [4.69, 9.17) is 11.6 Å². The zero-order valence-electron chi connectivity index (χ0n) is 8.26. The first-order chi connectivity index (χ1) is 6.27. The highest BCUT2D eigenvalue weighted by atomic mass is 35.5. The van der Waals surface area contributed by atoms with Crippen LogP contribution in [0.4, 0.5) is 5.69 Å². The van der Waals surface area contributed by atoms with Crippen molar-refractivity contribution in [2.45, 2.75) is 19.8 Å². The Bertz CT molecular complexity index is 243. The van der Waals surface area contributed by atoms with Crippen molar-refractivity contribution >= 4 is 17.3 Å². The number of rotatable bonds is 4. The average Bonchev–Trinajstić information content (AvgIpc) is 2.18. The van der Waals surface area contributed by atoms with Gasteiger partial charge in [0.05, 0.1) is 6.00 Å². The minimum absolute atomic E-state index is 0.535. The van der Waals surface area contributed by atoms with Gasteiger partial charge in [-0.05, 0) is 24.1 Å². The molecule has 0 bridgehead atoms. The zero-order valence-corrected chi connectivity index (χ0v) is 9.01. The van der Waals surface area contributed by atoms with E-state index in [0.29, 0.717) is 6.00 Å². The van der Waals surface area contributed by atoms with Crippen LogP contribution in [-0.4, -0.2) is 13.1 Å². The summed E-state index contributed by atoms with van der Waals surface area (Å²) in [6, 6.07) is 9.11. The Labute approximate surface area is 85.3 Å². The molecule has 0 N–H and O–H groups in total. The van der Waals surface area contributed by atoms with E-state index >= 15 is 0 Å². The fourth-order valence-electron chi connectivity index (χ4n) is 1.27. The highest BCUT2D eigenvalue weighted by Gasteiger charge is 1.97. The van der Waals surface area contributed by atoms with Crippen LogP contribution in [-0.2, 0) is 6.42 Å². The van der Waals surface area contributed by atoms with Gasteiger partial charge >= 0.3 is 0 Å². The van der Waals surface area contributed by atoms with Crippen LogP contribution in [0.2, 0.25) is 0 Å². The van der Waals surface area contributed by atoms with Crippen LogP contribution in [0.3, 0.4) is 0 Å². The lowest BCUT2D eigenvalue weighted by Crippen LogP contribution is -2.13. The van der Waals surface area contributed by atoms with Gasteiger partial charge in [-0.1, -0.05) is 25.5 Å². The molecule has 2 heteroatoms. The SMILES string of the molecule is CCCc1ccc(N(C)CCl)cc1. The predicted molar refractivity (Wildman–Crippen MR) is 59.6 cm³/mol. The molecule has 0 spiro atoms. The fourth-order valence-corrected chi connectivity index (χ4v) is 1.41. The number of nitrogens with zero attached hydrogens (tertiary/aromatic N) is 1. The normalized spacial score (nSPS) is 10.1. The quantitative estimate of drug-likeness (QED) is 0.529. The summed E-state index contributed by atoms with van der Waals surface area (Å²) >= 11 is 5.71. The number of halogens is 1. The van der Waals surface area contributed by atoms with Gasteiger partial charge in [0.1, 0.15) is 0 Å². The van der Waals surface area contributed by atoms with Gasteiger partial charge in [-0.25, -0.2) is 0 Å². The highest BCUT2D eigenvalue weighted by Crippen LogP contribution is 2.14. The second-order valence-corrected chi connectivity index (χ2v) is 3.47. The van der Waals surface area contributed by atoms with E-state index in [1.165, 1.54) is 17.7 Å². The van der Waals surface area contributed by atoms with Crippen molar-refractivity contribution in [1.82, 2.24) is 0 Å². The van der Waals surface area contributed by atoms with Gasteiger partial charge in [0.15, 0.2) is 0 Å². The first-order valence-electron chi connectivity index (χ1n) is 4.64. The molecule has 0 saturated heterocycles. The van der Waals surface area contributed by atoms with Crippen LogP contribution in [0.1, 0.15) is 18.9 Å². The molecule has 1 aromatic rings. The number of hydrogen-bond acceptors (Lipinski definition) is 1. The summed E-state index contributed by atoms with van der Waals surface area (Å²) in [7, 11) is 1.99. The van der Waals surface area contributed by atoms with E-state index in [1.807, 2.05) is 11.9 Å². The monoisotopic (exact) mass is 197 g/mol. The molecule has 1 aromatic carbocycles.